The molecule has 0 spiro atoms. The van der Waals surface area contributed by atoms with Gasteiger partial charge in [0.2, 0.25) is 0 Å². The van der Waals surface area contributed by atoms with Crippen LogP contribution in [0.4, 0.5) is 0 Å². The van der Waals surface area contributed by atoms with Crippen molar-refractivity contribution in [3.05, 3.63) is 0 Å². The molecule has 0 aromatic rings. The Hall–Kier alpha value is -0.0800. The van der Waals surface area contributed by atoms with Crippen LogP contribution in [0.3, 0.4) is 0 Å². The fourth-order valence-corrected chi connectivity index (χ4v) is 1.54. The number of hydrogen-bond donors (Lipinski definition) is 1. The molecule has 1 aliphatic heterocycles. The molecule has 2 nitrogen and oxygen atoms in total. The van der Waals surface area contributed by atoms with Crippen molar-refractivity contribution in [1.82, 2.24) is 5.32 Å². The van der Waals surface area contributed by atoms with Gasteiger partial charge in [-0.25, -0.2) is 0 Å². The third-order valence-corrected chi connectivity index (χ3v) is 2.15. The molecule has 1 rings (SSSR count). The van der Waals surface area contributed by atoms with Gasteiger partial charge in [-0.15, -0.1) is 0 Å². The Bertz CT molecular complexity index is 114. The zero-order valence-electron chi connectivity index (χ0n) is 7.76. The fourth-order valence-electron chi connectivity index (χ4n) is 1.54. The summed E-state index contributed by atoms with van der Waals surface area (Å²) in [5.74, 6) is 0.672. The van der Waals surface area contributed by atoms with Crippen LogP contribution in [0.25, 0.3) is 0 Å². The maximum Gasteiger partial charge on any atom is 0.0628 e. The second-order valence-electron chi connectivity index (χ2n) is 3.69. The van der Waals surface area contributed by atoms with Crippen molar-refractivity contribution in [3.63, 3.8) is 0 Å². The first-order valence-corrected chi connectivity index (χ1v) is 4.56. The highest BCUT2D eigenvalue weighted by molar-refractivity contribution is 4.75. The van der Waals surface area contributed by atoms with E-state index in [1.54, 1.807) is 0 Å². The first kappa shape index (κ1) is 9.01. The molecular weight excluding hydrogens is 138 g/mol. The number of nitrogens with one attached hydrogen (secondary N) is 1. The monoisotopic (exact) mass is 157 g/mol. The van der Waals surface area contributed by atoms with Gasteiger partial charge in [0.05, 0.1) is 12.2 Å². The number of piperidine rings is 1. The second kappa shape index (κ2) is 4.07. The van der Waals surface area contributed by atoms with Gasteiger partial charge in [-0.05, 0) is 32.7 Å². The summed E-state index contributed by atoms with van der Waals surface area (Å²) < 4.78 is 5.76. The fraction of sp³-hybridized carbons (Fsp3) is 1.00. The zero-order valence-corrected chi connectivity index (χ0v) is 7.76. The van der Waals surface area contributed by atoms with Crippen molar-refractivity contribution in [2.45, 2.75) is 39.4 Å². The molecule has 0 amide bonds. The number of hydrogen-bond acceptors (Lipinski definition) is 2. The maximum absolute atomic E-state index is 5.76. The van der Waals surface area contributed by atoms with Crippen molar-refractivity contribution in [1.29, 1.82) is 0 Å². The van der Waals surface area contributed by atoms with E-state index in [4.69, 9.17) is 4.74 Å². The Morgan fingerprint density at radius 2 is 2.18 bits per heavy atom. The Balaban J connectivity index is 2.29. The Labute approximate surface area is 69.3 Å². The molecular formula is C9H19NO. The van der Waals surface area contributed by atoms with Crippen molar-refractivity contribution in [3.8, 4) is 0 Å². The number of rotatable bonds is 2. The Morgan fingerprint density at radius 1 is 1.45 bits per heavy atom. The van der Waals surface area contributed by atoms with Crippen LogP contribution in [0.15, 0.2) is 0 Å². The lowest BCUT2D eigenvalue weighted by Gasteiger charge is -2.30. The zero-order chi connectivity index (χ0) is 8.27. The minimum absolute atomic E-state index is 0.376. The van der Waals surface area contributed by atoms with Gasteiger partial charge in [-0.2, -0.15) is 0 Å². The summed E-state index contributed by atoms with van der Waals surface area (Å²) >= 11 is 0. The Morgan fingerprint density at radius 3 is 2.73 bits per heavy atom. The molecule has 1 heterocycles. The number of ether oxygens (including phenoxy) is 1. The summed E-state index contributed by atoms with van der Waals surface area (Å²) in [6.07, 6.45) is 2.02. The van der Waals surface area contributed by atoms with E-state index >= 15 is 0 Å². The first-order valence-electron chi connectivity index (χ1n) is 4.56. The van der Waals surface area contributed by atoms with Gasteiger partial charge in [-0.1, -0.05) is 6.92 Å². The van der Waals surface area contributed by atoms with Gasteiger partial charge < -0.3 is 10.1 Å². The van der Waals surface area contributed by atoms with Crippen LogP contribution in [-0.2, 0) is 4.74 Å². The average molecular weight is 157 g/mol. The molecule has 1 fully saturated rings. The topological polar surface area (TPSA) is 21.3 Å². The highest BCUT2D eigenvalue weighted by atomic mass is 16.5. The molecule has 0 aliphatic carbocycles. The van der Waals surface area contributed by atoms with Crippen molar-refractivity contribution >= 4 is 0 Å². The van der Waals surface area contributed by atoms with Gasteiger partial charge in [-0.3, -0.25) is 0 Å². The minimum atomic E-state index is 0.376. The molecule has 0 saturated carbocycles. The van der Waals surface area contributed by atoms with Gasteiger partial charge >= 0.3 is 0 Å². The molecule has 1 saturated heterocycles. The largest absolute Gasteiger partial charge is 0.375 e. The molecule has 66 valence electrons. The molecule has 1 aliphatic rings. The SMILES string of the molecule is CC(C)OC1CCNCC1C. The lowest BCUT2D eigenvalue weighted by molar-refractivity contribution is -0.0350. The van der Waals surface area contributed by atoms with Crippen LogP contribution in [0.5, 0.6) is 0 Å². The lowest BCUT2D eigenvalue weighted by Crippen LogP contribution is -2.40. The molecule has 2 unspecified atom stereocenters. The van der Waals surface area contributed by atoms with Gasteiger partial charge in [0.15, 0.2) is 0 Å². The van der Waals surface area contributed by atoms with Crippen LogP contribution in [0.2, 0.25) is 0 Å². The van der Waals surface area contributed by atoms with E-state index in [9.17, 15) is 0 Å². The van der Waals surface area contributed by atoms with Crippen molar-refractivity contribution in [2.75, 3.05) is 13.1 Å². The Kier molecular flexibility index (Phi) is 3.34. The summed E-state index contributed by atoms with van der Waals surface area (Å²) in [4.78, 5) is 0. The second-order valence-corrected chi connectivity index (χ2v) is 3.69. The van der Waals surface area contributed by atoms with Crippen LogP contribution in [-0.4, -0.2) is 25.3 Å². The van der Waals surface area contributed by atoms with Crippen LogP contribution in [0, 0.1) is 5.92 Å². The lowest BCUT2D eigenvalue weighted by atomic mass is 9.98. The summed E-state index contributed by atoms with van der Waals surface area (Å²) in [5.41, 5.74) is 0. The summed E-state index contributed by atoms with van der Waals surface area (Å²) in [7, 11) is 0. The molecule has 2 heteroatoms. The average Bonchev–Trinajstić information content (AvgIpc) is 1.93. The molecule has 0 aromatic heterocycles. The molecule has 0 aromatic carbocycles. The van der Waals surface area contributed by atoms with Crippen LogP contribution in [0.1, 0.15) is 27.2 Å². The van der Waals surface area contributed by atoms with Gasteiger partial charge in [0, 0.05) is 6.54 Å². The van der Waals surface area contributed by atoms with E-state index in [1.165, 1.54) is 6.42 Å². The van der Waals surface area contributed by atoms with Gasteiger partial charge in [0.25, 0.3) is 0 Å². The van der Waals surface area contributed by atoms with Crippen molar-refractivity contribution in [2.24, 2.45) is 5.92 Å². The van der Waals surface area contributed by atoms with E-state index < -0.39 is 0 Å². The minimum Gasteiger partial charge on any atom is -0.375 e. The summed E-state index contributed by atoms with van der Waals surface area (Å²) in [5, 5.41) is 3.36. The van der Waals surface area contributed by atoms with Gasteiger partial charge in [0.1, 0.15) is 0 Å². The third-order valence-electron chi connectivity index (χ3n) is 2.15. The van der Waals surface area contributed by atoms with E-state index in [-0.39, 0.29) is 0 Å². The highest BCUT2D eigenvalue weighted by Gasteiger charge is 2.21. The molecule has 0 bridgehead atoms. The van der Waals surface area contributed by atoms with E-state index in [0.717, 1.165) is 13.1 Å². The molecule has 1 N–H and O–H groups in total. The smallest absolute Gasteiger partial charge is 0.0628 e. The van der Waals surface area contributed by atoms with Crippen molar-refractivity contribution < 1.29 is 4.74 Å². The van der Waals surface area contributed by atoms with E-state index in [2.05, 4.69) is 26.1 Å². The third kappa shape index (κ3) is 2.80. The quantitative estimate of drug-likeness (QED) is 0.654. The highest BCUT2D eigenvalue weighted by Crippen LogP contribution is 2.15. The van der Waals surface area contributed by atoms with Crippen LogP contribution < -0.4 is 5.32 Å². The predicted molar refractivity (Wildman–Crippen MR) is 46.7 cm³/mol. The molecule has 11 heavy (non-hydrogen) atoms. The summed E-state index contributed by atoms with van der Waals surface area (Å²) in [6, 6.07) is 0. The standard InChI is InChI=1S/C9H19NO/c1-7(2)11-9-4-5-10-6-8(9)3/h7-10H,4-6H2,1-3H3. The van der Waals surface area contributed by atoms with E-state index in [0.29, 0.717) is 18.1 Å². The maximum atomic E-state index is 5.76. The molecule has 2 atom stereocenters. The predicted octanol–water partition coefficient (Wildman–Crippen LogP) is 1.41. The van der Waals surface area contributed by atoms with E-state index in [1.807, 2.05) is 0 Å². The first-order chi connectivity index (χ1) is 5.20. The van der Waals surface area contributed by atoms with Crippen LogP contribution >= 0.6 is 0 Å². The normalized spacial score (nSPS) is 32.7. The summed E-state index contributed by atoms with van der Waals surface area (Å²) in [6.45, 7) is 8.68. The molecule has 0 radical (unpaired) electrons.